The summed E-state index contributed by atoms with van der Waals surface area (Å²) in [6.45, 7) is 2.74. The van der Waals surface area contributed by atoms with Crippen LogP contribution in [0.1, 0.15) is 13.3 Å². The maximum Gasteiger partial charge on any atom is 0.119 e. The van der Waals surface area contributed by atoms with Crippen molar-refractivity contribution in [1.82, 2.24) is 0 Å². The summed E-state index contributed by atoms with van der Waals surface area (Å²) in [5, 5.41) is 0. The van der Waals surface area contributed by atoms with Gasteiger partial charge in [0.1, 0.15) is 5.75 Å². The van der Waals surface area contributed by atoms with Crippen molar-refractivity contribution in [3.05, 3.63) is 24.3 Å². The van der Waals surface area contributed by atoms with Gasteiger partial charge < -0.3 is 4.74 Å². The van der Waals surface area contributed by atoms with Crippen molar-refractivity contribution in [1.29, 1.82) is 0 Å². The Hall–Kier alpha value is -1.25. The fraction of sp³-hybridized carbons (Fsp3) is 0.333. The topological polar surface area (TPSA) is 21.3 Å². The van der Waals surface area contributed by atoms with Crippen molar-refractivity contribution in [2.45, 2.75) is 13.3 Å². The Labute approximate surface area is 71.3 Å². The van der Waals surface area contributed by atoms with E-state index < -0.39 is 0 Å². The molecule has 0 aliphatic rings. The lowest BCUT2D eigenvalue weighted by atomic mass is 10.3. The van der Waals surface area contributed by atoms with Crippen LogP contribution in [0.4, 0.5) is 10.2 Å². The lowest BCUT2D eigenvalue weighted by Gasteiger charge is -2.03. The molecular formula is C9H12FNO. The van der Waals surface area contributed by atoms with Gasteiger partial charge in [0.25, 0.3) is 0 Å². The van der Waals surface area contributed by atoms with E-state index in [9.17, 15) is 4.48 Å². The molecule has 0 aliphatic carbocycles. The van der Waals surface area contributed by atoms with Crippen LogP contribution in [0.5, 0.6) is 5.75 Å². The third-order valence-electron chi connectivity index (χ3n) is 1.44. The van der Waals surface area contributed by atoms with Crippen LogP contribution in [0, 0.1) is 0 Å². The molecule has 1 rings (SSSR count). The monoisotopic (exact) mass is 169 g/mol. The van der Waals surface area contributed by atoms with Crippen molar-refractivity contribution in [2.24, 2.45) is 0 Å². The van der Waals surface area contributed by atoms with Gasteiger partial charge in [0.2, 0.25) is 0 Å². The van der Waals surface area contributed by atoms with Gasteiger partial charge in [-0.15, -0.1) is 4.48 Å². The summed E-state index contributed by atoms with van der Waals surface area (Å²) in [6, 6.07) is 6.73. The van der Waals surface area contributed by atoms with Crippen molar-refractivity contribution < 1.29 is 9.22 Å². The first-order valence-corrected chi connectivity index (χ1v) is 3.96. The number of halogens is 1. The molecule has 0 saturated carbocycles. The Morgan fingerprint density at radius 1 is 1.33 bits per heavy atom. The molecule has 0 heterocycles. The standard InChI is InChI=1S/C9H12FNO/c1-2-7-12-9-5-3-8(11-10)4-6-9/h3-6,11H,2,7H2,1H3. The maximum absolute atomic E-state index is 11.8. The van der Waals surface area contributed by atoms with Gasteiger partial charge >= 0.3 is 0 Å². The number of hydrogen-bond donors (Lipinski definition) is 1. The van der Waals surface area contributed by atoms with Crippen LogP contribution in [0.15, 0.2) is 24.3 Å². The summed E-state index contributed by atoms with van der Waals surface area (Å²) in [6.07, 6.45) is 0.975. The molecule has 1 aromatic rings. The second-order valence-corrected chi connectivity index (χ2v) is 2.47. The summed E-state index contributed by atoms with van der Waals surface area (Å²) >= 11 is 0. The largest absolute Gasteiger partial charge is 0.494 e. The Morgan fingerprint density at radius 3 is 2.50 bits per heavy atom. The Morgan fingerprint density at radius 2 is 2.00 bits per heavy atom. The molecule has 1 aromatic carbocycles. The first kappa shape index (κ1) is 8.84. The highest BCUT2D eigenvalue weighted by Crippen LogP contribution is 2.15. The molecule has 12 heavy (non-hydrogen) atoms. The zero-order valence-corrected chi connectivity index (χ0v) is 7.01. The molecular weight excluding hydrogens is 157 g/mol. The van der Waals surface area contributed by atoms with Gasteiger partial charge in [0.05, 0.1) is 12.3 Å². The second kappa shape index (κ2) is 4.59. The molecule has 1 N–H and O–H groups in total. The first-order chi connectivity index (χ1) is 5.86. The molecule has 0 amide bonds. The molecule has 2 nitrogen and oxygen atoms in total. The van der Waals surface area contributed by atoms with Crippen LogP contribution in [0.25, 0.3) is 0 Å². The van der Waals surface area contributed by atoms with E-state index in [0.29, 0.717) is 12.3 Å². The summed E-state index contributed by atoms with van der Waals surface area (Å²) in [5.41, 5.74) is 2.00. The van der Waals surface area contributed by atoms with E-state index in [-0.39, 0.29) is 0 Å². The highest BCUT2D eigenvalue weighted by Gasteiger charge is 1.92. The first-order valence-electron chi connectivity index (χ1n) is 3.96. The summed E-state index contributed by atoms with van der Waals surface area (Å²) in [7, 11) is 0. The lowest BCUT2D eigenvalue weighted by molar-refractivity contribution is 0.317. The van der Waals surface area contributed by atoms with E-state index in [4.69, 9.17) is 4.74 Å². The van der Waals surface area contributed by atoms with Gasteiger partial charge in [0, 0.05) is 0 Å². The van der Waals surface area contributed by atoms with Crippen molar-refractivity contribution in [2.75, 3.05) is 12.1 Å². The number of hydrogen-bond acceptors (Lipinski definition) is 2. The Bertz CT molecular complexity index is 222. The highest BCUT2D eigenvalue weighted by atomic mass is 19.2. The van der Waals surface area contributed by atoms with E-state index in [1.165, 1.54) is 0 Å². The molecule has 0 saturated heterocycles. The third-order valence-corrected chi connectivity index (χ3v) is 1.44. The summed E-state index contributed by atoms with van der Waals surface area (Å²) in [4.78, 5) is 0. The average Bonchev–Trinajstić information content (AvgIpc) is 2.15. The van der Waals surface area contributed by atoms with Crippen LogP contribution in [-0.4, -0.2) is 6.61 Å². The normalized spacial score (nSPS) is 9.50. The highest BCUT2D eigenvalue weighted by molar-refractivity contribution is 5.44. The Kier molecular flexibility index (Phi) is 3.38. The number of nitrogens with one attached hydrogen (secondary N) is 1. The molecule has 0 atom stereocenters. The van der Waals surface area contributed by atoms with Crippen LogP contribution in [-0.2, 0) is 0 Å². The number of anilines is 1. The van der Waals surface area contributed by atoms with Crippen molar-refractivity contribution in [3.8, 4) is 5.75 Å². The van der Waals surface area contributed by atoms with Gasteiger partial charge in [-0.1, -0.05) is 6.92 Å². The van der Waals surface area contributed by atoms with Crippen molar-refractivity contribution in [3.63, 3.8) is 0 Å². The van der Waals surface area contributed by atoms with E-state index in [1.54, 1.807) is 29.8 Å². The fourth-order valence-electron chi connectivity index (χ4n) is 0.834. The zero-order chi connectivity index (χ0) is 8.81. The van der Waals surface area contributed by atoms with Gasteiger partial charge in [-0.3, -0.25) is 0 Å². The second-order valence-electron chi connectivity index (χ2n) is 2.47. The van der Waals surface area contributed by atoms with E-state index in [0.717, 1.165) is 12.2 Å². The lowest BCUT2D eigenvalue weighted by Crippen LogP contribution is -1.94. The third kappa shape index (κ3) is 2.42. The predicted octanol–water partition coefficient (Wildman–Crippen LogP) is 2.77. The molecule has 66 valence electrons. The van der Waals surface area contributed by atoms with E-state index in [1.807, 2.05) is 6.92 Å². The molecule has 0 unspecified atom stereocenters. The maximum atomic E-state index is 11.8. The van der Waals surface area contributed by atoms with Crippen molar-refractivity contribution >= 4 is 5.69 Å². The van der Waals surface area contributed by atoms with Crippen LogP contribution >= 0.6 is 0 Å². The van der Waals surface area contributed by atoms with Gasteiger partial charge in [0.15, 0.2) is 0 Å². The minimum atomic E-state index is 0.443. The summed E-state index contributed by atoms with van der Waals surface area (Å²) in [5.74, 6) is 0.774. The van der Waals surface area contributed by atoms with Gasteiger partial charge in [-0.25, -0.2) is 5.54 Å². The minimum Gasteiger partial charge on any atom is -0.494 e. The smallest absolute Gasteiger partial charge is 0.119 e. The Balaban J connectivity index is 2.53. The number of ether oxygens (including phenoxy) is 1. The summed E-state index contributed by atoms with van der Waals surface area (Å²) < 4.78 is 17.1. The fourth-order valence-corrected chi connectivity index (χ4v) is 0.834. The number of benzene rings is 1. The van der Waals surface area contributed by atoms with Gasteiger partial charge in [-0.2, -0.15) is 0 Å². The molecule has 0 aromatic heterocycles. The van der Waals surface area contributed by atoms with Crippen LogP contribution in [0.3, 0.4) is 0 Å². The zero-order valence-electron chi connectivity index (χ0n) is 7.01. The molecule has 0 aliphatic heterocycles. The van der Waals surface area contributed by atoms with E-state index in [2.05, 4.69) is 0 Å². The van der Waals surface area contributed by atoms with E-state index >= 15 is 0 Å². The molecule has 0 radical (unpaired) electrons. The average molecular weight is 169 g/mol. The SMILES string of the molecule is CCCOc1ccc(NF)cc1. The molecule has 3 heteroatoms. The minimum absolute atomic E-state index is 0.443. The van der Waals surface area contributed by atoms with Crippen LogP contribution < -0.4 is 10.3 Å². The quantitative estimate of drug-likeness (QED) is 0.700. The molecule has 0 spiro atoms. The number of rotatable bonds is 4. The molecule has 0 bridgehead atoms. The predicted molar refractivity (Wildman–Crippen MR) is 47.0 cm³/mol. The van der Waals surface area contributed by atoms with Crippen LogP contribution in [0.2, 0.25) is 0 Å². The molecule has 0 fully saturated rings. The van der Waals surface area contributed by atoms with Gasteiger partial charge in [-0.05, 0) is 30.7 Å².